The number of nitrogens with two attached hydrogens (primary N) is 1. The number of rotatable bonds is 8. The highest BCUT2D eigenvalue weighted by Crippen LogP contribution is 2.51. The second kappa shape index (κ2) is 6.88. The number of ether oxygens (including phenoxy) is 2. The van der Waals surface area contributed by atoms with Gasteiger partial charge in [-0.05, 0) is 36.1 Å². The first-order valence-corrected chi connectivity index (χ1v) is 7.93. The van der Waals surface area contributed by atoms with Gasteiger partial charge in [0.1, 0.15) is 5.75 Å². The largest absolute Gasteiger partial charge is 0.491 e. The Morgan fingerprint density at radius 1 is 1.40 bits per heavy atom. The van der Waals surface area contributed by atoms with Gasteiger partial charge in [-0.25, -0.2) is 0 Å². The molecule has 2 rings (SSSR count). The highest BCUT2D eigenvalue weighted by molar-refractivity contribution is 7.99. The molecule has 0 aliphatic heterocycles. The summed E-state index contributed by atoms with van der Waals surface area (Å²) in [6.07, 6.45) is 2.80. The smallest absolute Gasteiger partial charge is 0.306 e. The molecule has 0 saturated heterocycles. The van der Waals surface area contributed by atoms with Crippen molar-refractivity contribution in [2.45, 2.75) is 19.3 Å². The first-order valence-electron chi connectivity index (χ1n) is 6.77. The van der Waals surface area contributed by atoms with Gasteiger partial charge >= 0.3 is 5.97 Å². The molecule has 0 heterocycles. The van der Waals surface area contributed by atoms with E-state index in [1.807, 2.05) is 36.0 Å². The molecule has 1 aliphatic rings. The third kappa shape index (κ3) is 4.34. The quantitative estimate of drug-likeness (QED) is 0.454. The Balaban J connectivity index is 1.63. The molecule has 4 nitrogen and oxygen atoms in total. The maximum atomic E-state index is 11.3. The molecule has 1 aromatic carbocycles. The number of thioether (sulfide) groups is 1. The normalized spacial score (nSPS) is 15.7. The second-order valence-corrected chi connectivity index (χ2v) is 6.30. The number of hydrogen-bond donors (Lipinski definition) is 1. The van der Waals surface area contributed by atoms with Crippen LogP contribution in [0.25, 0.3) is 0 Å². The SMILES string of the molecule is COC(=O)CC1(CSCCOc2ccccc2N)CC1. The van der Waals surface area contributed by atoms with Crippen LogP contribution in [0.3, 0.4) is 0 Å². The van der Waals surface area contributed by atoms with Crippen LogP contribution in [-0.4, -0.2) is 31.2 Å². The fourth-order valence-corrected chi connectivity index (χ4v) is 3.21. The number of carbonyl (C=O) groups is 1. The molecule has 5 heteroatoms. The number of hydrogen-bond acceptors (Lipinski definition) is 5. The number of para-hydroxylation sites is 2. The molecule has 1 fully saturated rings. The van der Waals surface area contributed by atoms with Crippen molar-refractivity contribution in [2.75, 3.05) is 31.0 Å². The molecule has 0 radical (unpaired) electrons. The fourth-order valence-electron chi connectivity index (χ4n) is 2.04. The van der Waals surface area contributed by atoms with Gasteiger partial charge in [0, 0.05) is 5.75 Å². The number of methoxy groups -OCH3 is 1. The summed E-state index contributed by atoms with van der Waals surface area (Å²) in [4.78, 5) is 11.3. The van der Waals surface area contributed by atoms with E-state index < -0.39 is 0 Å². The van der Waals surface area contributed by atoms with E-state index in [0.29, 0.717) is 18.7 Å². The zero-order valence-corrected chi connectivity index (χ0v) is 12.6. The van der Waals surface area contributed by atoms with Crippen LogP contribution in [0.5, 0.6) is 5.75 Å². The molecule has 1 aliphatic carbocycles. The molecule has 1 aromatic rings. The summed E-state index contributed by atoms with van der Waals surface area (Å²) >= 11 is 1.83. The van der Waals surface area contributed by atoms with E-state index in [4.69, 9.17) is 15.2 Å². The van der Waals surface area contributed by atoms with Gasteiger partial charge in [0.05, 0.1) is 25.8 Å². The Bertz CT molecular complexity index is 460. The van der Waals surface area contributed by atoms with Crippen molar-refractivity contribution in [2.24, 2.45) is 5.41 Å². The highest BCUT2D eigenvalue weighted by atomic mass is 32.2. The zero-order valence-electron chi connectivity index (χ0n) is 11.8. The summed E-state index contributed by atoms with van der Waals surface area (Å²) in [6, 6.07) is 7.51. The molecule has 0 bridgehead atoms. The number of esters is 1. The third-order valence-electron chi connectivity index (χ3n) is 3.52. The minimum absolute atomic E-state index is 0.101. The average molecular weight is 295 g/mol. The first kappa shape index (κ1) is 15.0. The first-order chi connectivity index (χ1) is 9.65. The van der Waals surface area contributed by atoms with E-state index >= 15 is 0 Å². The van der Waals surface area contributed by atoms with Crippen molar-refractivity contribution in [3.8, 4) is 5.75 Å². The van der Waals surface area contributed by atoms with E-state index in [1.165, 1.54) is 7.11 Å². The highest BCUT2D eigenvalue weighted by Gasteiger charge is 2.44. The van der Waals surface area contributed by atoms with Crippen LogP contribution >= 0.6 is 11.8 Å². The van der Waals surface area contributed by atoms with Gasteiger partial charge in [0.2, 0.25) is 0 Å². The van der Waals surface area contributed by atoms with Gasteiger partial charge < -0.3 is 15.2 Å². The number of nitrogen functional groups attached to an aromatic ring is 1. The number of benzene rings is 1. The lowest BCUT2D eigenvalue weighted by Gasteiger charge is -2.13. The Morgan fingerprint density at radius 2 is 2.15 bits per heavy atom. The molecule has 0 spiro atoms. The Hall–Kier alpha value is -1.36. The molecular weight excluding hydrogens is 274 g/mol. The van der Waals surface area contributed by atoms with Gasteiger partial charge in [-0.15, -0.1) is 0 Å². The minimum Gasteiger partial charge on any atom is -0.491 e. The molecule has 110 valence electrons. The molecule has 0 unspecified atom stereocenters. The molecular formula is C15H21NO3S. The van der Waals surface area contributed by atoms with Crippen molar-refractivity contribution < 1.29 is 14.3 Å². The topological polar surface area (TPSA) is 61.5 Å². The molecule has 0 amide bonds. The Morgan fingerprint density at radius 3 is 2.80 bits per heavy atom. The van der Waals surface area contributed by atoms with Gasteiger partial charge in [-0.3, -0.25) is 4.79 Å². The number of anilines is 1. The predicted octanol–water partition coefficient (Wildman–Crippen LogP) is 2.72. The Labute approximate surface area is 124 Å². The molecule has 20 heavy (non-hydrogen) atoms. The lowest BCUT2D eigenvalue weighted by atomic mass is 10.1. The summed E-state index contributed by atoms with van der Waals surface area (Å²) < 4.78 is 10.4. The van der Waals surface area contributed by atoms with E-state index in [1.54, 1.807) is 0 Å². The van der Waals surface area contributed by atoms with Crippen molar-refractivity contribution >= 4 is 23.4 Å². The molecule has 0 aromatic heterocycles. The van der Waals surface area contributed by atoms with Crippen molar-refractivity contribution in [1.82, 2.24) is 0 Å². The lowest BCUT2D eigenvalue weighted by molar-refractivity contribution is -0.141. The average Bonchev–Trinajstić information content (AvgIpc) is 3.20. The molecule has 2 N–H and O–H groups in total. The minimum atomic E-state index is -0.101. The summed E-state index contributed by atoms with van der Waals surface area (Å²) in [5.41, 5.74) is 6.65. The summed E-state index contributed by atoms with van der Waals surface area (Å²) in [7, 11) is 1.45. The van der Waals surface area contributed by atoms with Crippen LogP contribution in [0.1, 0.15) is 19.3 Å². The van der Waals surface area contributed by atoms with E-state index in [9.17, 15) is 4.79 Å². The molecule has 0 atom stereocenters. The maximum absolute atomic E-state index is 11.3. The van der Waals surface area contributed by atoms with Crippen molar-refractivity contribution in [3.05, 3.63) is 24.3 Å². The third-order valence-corrected chi connectivity index (χ3v) is 4.79. The van der Waals surface area contributed by atoms with Crippen LogP contribution in [0.15, 0.2) is 24.3 Å². The second-order valence-electron chi connectivity index (χ2n) is 5.19. The van der Waals surface area contributed by atoms with Gasteiger partial charge in [-0.1, -0.05) is 12.1 Å². The van der Waals surface area contributed by atoms with Crippen LogP contribution in [0.2, 0.25) is 0 Å². The monoisotopic (exact) mass is 295 g/mol. The van der Waals surface area contributed by atoms with Gasteiger partial charge in [0.15, 0.2) is 0 Å². The standard InChI is InChI=1S/C15H21NO3S/c1-18-14(17)10-15(6-7-15)11-20-9-8-19-13-5-3-2-4-12(13)16/h2-5H,6-11,16H2,1H3. The predicted molar refractivity (Wildman–Crippen MR) is 82.0 cm³/mol. The van der Waals surface area contributed by atoms with Crippen LogP contribution in [0.4, 0.5) is 5.69 Å². The van der Waals surface area contributed by atoms with Crippen molar-refractivity contribution in [1.29, 1.82) is 0 Å². The van der Waals surface area contributed by atoms with E-state index in [0.717, 1.165) is 30.1 Å². The van der Waals surface area contributed by atoms with Gasteiger partial charge in [0.25, 0.3) is 0 Å². The van der Waals surface area contributed by atoms with E-state index in [2.05, 4.69) is 0 Å². The van der Waals surface area contributed by atoms with Crippen molar-refractivity contribution in [3.63, 3.8) is 0 Å². The zero-order chi connectivity index (χ0) is 14.4. The van der Waals surface area contributed by atoms with Crippen LogP contribution in [0, 0.1) is 5.41 Å². The van der Waals surface area contributed by atoms with E-state index in [-0.39, 0.29) is 11.4 Å². The van der Waals surface area contributed by atoms with Crippen LogP contribution in [-0.2, 0) is 9.53 Å². The number of carbonyl (C=O) groups excluding carboxylic acids is 1. The summed E-state index contributed by atoms with van der Waals surface area (Å²) in [5.74, 6) is 2.53. The fraction of sp³-hybridized carbons (Fsp3) is 0.533. The summed E-state index contributed by atoms with van der Waals surface area (Å²) in [6.45, 7) is 0.632. The molecule has 1 saturated carbocycles. The Kier molecular flexibility index (Phi) is 5.17. The van der Waals surface area contributed by atoms with Gasteiger partial charge in [-0.2, -0.15) is 11.8 Å². The summed E-state index contributed by atoms with van der Waals surface area (Å²) in [5, 5.41) is 0. The maximum Gasteiger partial charge on any atom is 0.306 e. The lowest BCUT2D eigenvalue weighted by Crippen LogP contribution is -2.14. The van der Waals surface area contributed by atoms with Crippen LogP contribution < -0.4 is 10.5 Å².